The van der Waals surface area contributed by atoms with Crippen LogP contribution in [0.5, 0.6) is 0 Å². The Morgan fingerprint density at radius 1 is 1.37 bits per heavy atom. The highest BCUT2D eigenvalue weighted by molar-refractivity contribution is 7.16. The molecule has 0 amide bonds. The average Bonchev–Trinajstić information content (AvgIpc) is 3.02. The van der Waals surface area contributed by atoms with Crippen LogP contribution in [0.4, 0.5) is 5.00 Å². The van der Waals surface area contributed by atoms with E-state index in [9.17, 15) is 0 Å². The Labute approximate surface area is 113 Å². The second kappa shape index (κ2) is 4.20. The predicted octanol–water partition coefficient (Wildman–Crippen LogP) is 2.40. The number of nitrogen functional groups attached to an aromatic ring is 1. The summed E-state index contributed by atoms with van der Waals surface area (Å²) in [5, 5.41) is 4.69. The van der Waals surface area contributed by atoms with Crippen LogP contribution in [0.3, 0.4) is 0 Å². The summed E-state index contributed by atoms with van der Waals surface area (Å²) in [5.41, 5.74) is 8.73. The molecule has 0 aliphatic rings. The lowest BCUT2D eigenvalue weighted by atomic mass is 10.1. The number of rotatable bonds is 2. The Morgan fingerprint density at radius 3 is 2.74 bits per heavy atom. The molecule has 0 bridgehead atoms. The molecule has 3 rings (SSSR count). The first-order chi connectivity index (χ1) is 9.08. The minimum Gasteiger partial charge on any atom is -0.390 e. The molecule has 0 saturated heterocycles. The van der Waals surface area contributed by atoms with Gasteiger partial charge in [0.05, 0.1) is 23.1 Å². The van der Waals surface area contributed by atoms with Gasteiger partial charge >= 0.3 is 0 Å². The molecule has 98 valence electrons. The number of imidazole rings is 1. The van der Waals surface area contributed by atoms with Gasteiger partial charge in [-0.25, -0.2) is 4.98 Å². The largest absolute Gasteiger partial charge is 0.390 e. The van der Waals surface area contributed by atoms with Crippen LogP contribution in [-0.4, -0.2) is 19.7 Å². The maximum atomic E-state index is 6.01. The Balaban J connectivity index is 2.09. The number of thiophene rings is 1. The molecule has 3 aromatic heterocycles. The Hall–Kier alpha value is -2.15. The Bertz CT molecular complexity index is 739. The minimum absolute atomic E-state index is 0.454. The maximum Gasteiger partial charge on any atom is 0.261 e. The van der Waals surface area contributed by atoms with Gasteiger partial charge < -0.3 is 14.8 Å². The number of aromatic nitrogens is 4. The zero-order valence-corrected chi connectivity index (χ0v) is 11.7. The van der Waals surface area contributed by atoms with Crippen molar-refractivity contribution in [3.05, 3.63) is 23.0 Å². The lowest BCUT2D eigenvalue weighted by Gasteiger charge is -1.95. The van der Waals surface area contributed by atoms with E-state index in [1.807, 2.05) is 25.5 Å². The molecule has 6 nitrogen and oxygen atoms in total. The number of anilines is 1. The number of aryl methyl sites for hydroxylation is 2. The summed E-state index contributed by atoms with van der Waals surface area (Å²) in [6.45, 7) is 4.03. The minimum atomic E-state index is 0.454. The highest BCUT2D eigenvalue weighted by Gasteiger charge is 2.19. The molecule has 7 heteroatoms. The molecule has 3 heterocycles. The van der Waals surface area contributed by atoms with E-state index in [2.05, 4.69) is 15.1 Å². The van der Waals surface area contributed by atoms with E-state index in [1.165, 1.54) is 11.3 Å². The number of nitrogens with zero attached hydrogens (tertiary/aromatic N) is 4. The first kappa shape index (κ1) is 11.9. The molecule has 2 N–H and O–H groups in total. The third-order valence-electron chi connectivity index (χ3n) is 3.10. The predicted molar refractivity (Wildman–Crippen MR) is 73.7 cm³/mol. The molecule has 0 unspecified atom stereocenters. The van der Waals surface area contributed by atoms with Gasteiger partial charge in [-0.1, -0.05) is 5.16 Å². The maximum absolute atomic E-state index is 6.01. The van der Waals surface area contributed by atoms with E-state index in [-0.39, 0.29) is 0 Å². The molecular weight excluding hydrogens is 262 g/mol. The third kappa shape index (κ3) is 1.82. The van der Waals surface area contributed by atoms with Gasteiger partial charge in [0.25, 0.3) is 5.89 Å². The summed E-state index contributed by atoms with van der Waals surface area (Å²) < 4.78 is 7.17. The van der Waals surface area contributed by atoms with Gasteiger partial charge in [-0.15, -0.1) is 11.3 Å². The van der Waals surface area contributed by atoms with Crippen LogP contribution in [0, 0.1) is 13.8 Å². The van der Waals surface area contributed by atoms with E-state index in [0.717, 1.165) is 21.7 Å². The quantitative estimate of drug-likeness (QED) is 0.776. The summed E-state index contributed by atoms with van der Waals surface area (Å²) in [6.07, 6.45) is 3.39. The van der Waals surface area contributed by atoms with Gasteiger partial charge in [-0.05, 0) is 19.4 Å². The number of hydrogen-bond acceptors (Lipinski definition) is 6. The SMILES string of the molecule is Cc1sc(N)c(-c2nc(-c3cncn3C)no2)c1C. The van der Waals surface area contributed by atoms with Crippen LogP contribution in [0.15, 0.2) is 17.0 Å². The first-order valence-corrected chi connectivity index (χ1v) is 6.56. The first-order valence-electron chi connectivity index (χ1n) is 5.74. The topological polar surface area (TPSA) is 82.8 Å². The molecule has 0 aromatic carbocycles. The molecule has 0 aliphatic heterocycles. The summed E-state index contributed by atoms with van der Waals surface area (Å²) >= 11 is 1.53. The van der Waals surface area contributed by atoms with Crippen molar-refractivity contribution in [2.45, 2.75) is 13.8 Å². The zero-order chi connectivity index (χ0) is 13.6. The van der Waals surface area contributed by atoms with Crippen molar-refractivity contribution in [1.29, 1.82) is 0 Å². The Morgan fingerprint density at radius 2 is 2.16 bits per heavy atom. The van der Waals surface area contributed by atoms with E-state index >= 15 is 0 Å². The summed E-state index contributed by atoms with van der Waals surface area (Å²) in [5.74, 6) is 0.966. The second-order valence-corrected chi connectivity index (χ2v) is 5.59. The molecule has 0 aliphatic carbocycles. The smallest absolute Gasteiger partial charge is 0.261 e. The molecule has 0 radical (unpaired) electrons. The second-order valence-electron chi connectivity index (χ2n) is 4.34. The monoisotopic (exact) mass is 275 g/mol. The normalized spacial score (nSPS) is 11.1. The van der Waals surface area contributed by atoms with Crippen LogP contribution in [0.25, 0.3) is 23.0 Å². The van der Waals surface area contributed by atoms with Crippen molar-refractivity contribution in [3.8, 4) is 23.0 Å². The molecule has 0 spiro atoms. The van der Waals surface area contributed by atoms with Crippen molar-refractivity contribution in [2.75, 3.05) is 5.73 Å². The molecule has 0 fully saturated rings. The fourth-order valence-electron chi connectivity index (χ4n) is 1.92. The summed E-state index contributed by atoms with van der Waals surface area (Å²) in [6, 6.07) is 0. The van der Waals surface area contributed by atoms with Crippen LogP contribution >= 0.6 is 11.3 Å². The highest BCUT2D eigenvalue weighted by Crippen LogP contribution is 2.37. The van der Waals surface area contributed by atoms with Crippen molar-refractivity contribution in [1.82, 2.24) is 19.7 Å². The van der Waals surface area contributed by atoms with Crippen LogP contribution < -0.4 is 5.73 Å². The van der Waals surface area contributed by atoms with E-state index < -0.39 is 0 Å². The number of hydrogen-bond donors (Lipinski definition) is 1. The molecule has 0 saturated carbocycles. The molecule has 3 aromatic rings. The van der Waals surface area contributed by atoms with E-state index in [1.54, 1.807) is 12.5 Å². The van der Waals surface area contributed by atoms with Gasteiger partial charge in [-0.3, -0.25) is 0 Å². The third-order valence-corrected chi connectivity index (χ3v) is 4.13. The fraction of sp³-hybridized carbons (Fsp3) is 0.250. The van der Waals surface area contributed by atoms with Crippen molar-refractivity contribution >= 4 is 16.3 Å². The lowest BCUT2D eigenvalue weighted by Crippen LogP contribution is -1.91. The van der Waals surface area contributed by atoms with Crippen LogP contribution in [-0.2, 0) is 7.05 Å². The van der Waals surface area contributed by atoms with Gasteiger partial charge in [0, 0.05) is 11.9 Å². The number of nitrogens with two attached hydrogens (primary N) is 1. The highest BCUT2D eigenvalue weighted by atomic mass is 32.1. The molecular formula is C12H13N5OS. The standard InChI is InChI=1S/C12H13N5OS/c1-6-7(2)19-10(13)9(6)12-15-11(16-18-12)8-4-14-5-17(8)3/h4-5H,13H2,1-3H3. The van der Waals surface area contributed by atoms with Gasteiger partial charge in [-0.2, -0.15) is 4.98 Å². The summed E-state index contributed by atoms with van der Waals surface area (Å²) in [7, 11) is 1.88. The van der Waals surface area contributed by atoms with E-state index in [4.69, 9.17) is 10.3 Å². The Kier molecular flexibility index (Phi) is 2.63. The van der Waals surface area contributed by atoms with Crippen molar-refractivity contribution < 1.29 is 4.52 Å². The fourth-order valence-corrected chi connectivity index (χ4v) is 2.85. The van der Waals surface area contributed by atoms with Crippen molar-refractivity contribution in [3.63, 3.8) is 0 Å². The van der Waals surface area contributed by atoms with Crippen molar-refractivity contribution in [2.24, 2.45) is 7.05 Å². The molecule has 0 atom stereocenters. The van der Waals surface area contributed by atoms with Gasteiger partial charge in [0.15, 0.2) is 0 Å². The van der Waals surface area contributed by atoms with Crippen LogP contribution in [0.1, 0.15) is 10.4 Å². The zero-order valence-electron chi connectivity index (χ0n) is 10.8. The average molecular weight is 275 g/mol. The molecule has 19 heavy (non-hydrogen) atoms. The van der Waals surface area contributed by atoms with Crippen LogP contribution in [0.2, 0.25) is 0 Å². The van der Waals surface area contributed by atoms with E-state index in [0.29, 0.717) is 16.7 Å². The lowest BCUT2D eigenvalue weighted by molar-refractivity contribution is 0.432. The summed E-state index contributed by atoms with van der Waals surface area (Å²) in [4.78, 5) is 9.60. The van der Waals surface area contributed by atoms with Gasteiger partial charge in [0.1, 0.15) is 5.69 Å². The van der Waals surface area contributed by atoms with Gasteiger partial charge in [0.2, 0.25) is 5.82 Å².